The average Bonchev–Trinajstić information content (AvgIpc) is 2.48. The molecule has 1 heterocycles. The maximum Gasteiger partial charge on any atom is 0.153 e. The van der Waals surface area contributed by atoms with Crippen LogP contribution < -0.4 is 4.74 Å². The van der Waals surface area contributed by atoms with E-state index >= 15 is 0 Å². The normalized spacial score (nSPS) is 10.6. The average molecular weight is 314 g/mol. The predicted octanol–water partition coefficient (Wildman–Crippen LogP) is 4.92. The van der Waals surface area contributed by atoms with Crippen molar-refractivity contribution in [1.29, 1.82) is 0 Å². The van der Waals surface area contributed by atoms with Crippen molar-refractivity contribution in [2.24, 2.45) is 0 Å². The first kappa shape index (κ1) is 12.2. The zero-order valence-corrected chi connectivity index (χ0v) is 11.8. The van der Waals surface area contributed by atoms with Crippen LogP contribution in [0.3, 0.4) is 0 Å². The number of hydrogen-bond donors (Lipinski definition) is 0. The van der Waals surface area contributed by atoms with Gasteiger partial charge in [0.15, 0.2) is 5.75 Å². The number of para-hydroxylation sites is 1. The van der Waals surface area contributed by atoms with Gasteiger partial charge in [0.2, 0.25) is 0 Å². The molecule has 3 aromatic rings. The molecule has 0 spiro atoms. The fraction of sp³-hybridized carbons (Fsp3) is 0.0625. The molecule has 0 saturated carbocycles. The number of aromatic nitrogens is 1. The van der Waals surface area contributed by atoms with Crippen LogP contribution in [-0.4, -0.2) is 4.98 Å². The summed E-state index contributed by atoms with van der Waals surface area (Å²) in [6.45, 7) is 0. The molecule has 3 rings (SSSR count). The predicted molar refractivity (Wildman–Crippen MR) is 80.9 cm³/mol. The smallest absolute Gasteiger partial charge is 0.153 e. The molecule has 2 aromatic carbocycles. The minimum Gasteiger partial charge on any atom is -0.455 e. The van der Waals surface area contributed by atoms with Gasteiger partial charge in [-0.1, -0.05) is 46.3 Å². The van der Waals surface area contributed by atoms with Gasteiger partial charge in [-0.2, -0.15) is 0 Å². The lowest BCUT2D eigenvalue weighted by Gasteiger charge is -2.08. The fourth-order valence-electron chi connectivity index (χ4n) is 1.93. The van der Waals surface area contributed by atoms with Gasteiger partial charge in [0, 0.05) is 16.9 Å². The summed E-state index contributed by atoms with van der Waals surface area (Å²) in [6, 6.07) is 17.9. The highest BCUT2D eigenvalue weighted by Crippen LogP contribution is 2.28. The molecular weight excluding hydrogens is 302 g/mol. The van der Waals surface area contributed by atoms with Crippen LogP contribution >= 0.6 is 15.9 Å². The van der Waals surface area contributed by atoms with E-state index in [4.69, 9.17) is 4.74 Å². The van der Waals surface area contributed by atoms with Gasteiger partial charge in [-0.3, -0.25) is 4.98 Å². The number of halogens is 1. The van der Waals surface area contributed by atoms with Crippen LogP contribution in [0.25, 0.3) is 10.9 Å². The van der Waals surface area contributed by atoms with E-state index < -0.39 is 0 Å². The molecule has 2 nitrogen and oxygen atoms in total. The molecule has 94 valence electrons. The van der Waals surface area contributed by atoms with Crippen LogP contribution in [0.4, 0.5) is 0 Å². The van der Waals surface area contributed by atoms with Crippen molar-refractivity contribution in [2.75, 3.05) is 0 Å². The van der Waals surface area contributed by atoms with Crippen molar-refractivity contribution in [3.05, 3.63) is 66.4 Å². The standard InChI is InChI=1S/C16H12BrNO/c17-11-12-6-8-14(9-7-12)19-15-5-1-3-13-4-2-10-18-16(13)15/h1-10H,11H2. The Balaban J connectivity index is 1.96. The van der Waals surface area contributed by atoms with Crippen molar-refractivity contribution in [2.45, 2.75) is 5.33 Å². The van der Waals surface area contributed by atoms with Crippen LogP contribution in [0.15, 0.2) is 60.8 Å². The monoisotopic (exact) mass is 313 g/mol. The number of nitrogens with zero attached hydrogens (tertiary/aromatic N) is 1. The van der Waals surface area contributed by atoms with Gasteiger partial charge in [0.05, 0.1) is 0 Å². The van der Waals surface area contributed by atoms with Gasteiger partial charge >= 0.3 is 0 Å². The molecule has 0 aliphatic heterocycles. The largest absolute Gasteiger partial charge is 0.455 e. The summed E-state index contributed by atoms with van der Waals surface area (Å²) in [5.74, 6) is 1.60. The number of ether oxygens (including phenoxy) is 1. The number of hydrogen-bond acceptors (Lipinski definition) is 2. The van der Waals surface area contributed by atoms with Crippen LogP contribution in [0.5, 0.6) is 11.5 Å². The van der Waals surface area contributed by atoms with Crippen molar-refractivity contribution in [1.82, 2.24) is 4.98 Å². The molecule has 1 aromatic heterocycles. The zero-order chi connectivity index (χ0) is 13.1. The lowest BCUT2D eigenvalue weighted by atomic mass is 10.2. The Morgan fingerprint density at radius 1 is 0.947 bits per heavy atom. The van der Waals surface area contributed by atoms with Gasteiger partial charge in [0.25, 0.3) is 0 Å². The van der Waals surface area contributed by atoms with E-state index in [1.165, 1.54) is 5.56 Å². The summed E-state index contributed by atoms with van der Waals surface area (Å²) in [4.78, 5) is 4.38. The van der Waals surface area contributed by atoms with Crippen LogP contribution in [0.2, 0.25) is 0 Å². The number of pyridine rings is 1. The Bertz CT molecular complexity index is 689. The Morgan fingerprint density at radius 3 is 2.53 bits per heavy atom. The van der Waals surface area contributed by atoms with Crippen LogP contribution in [0, 0.1) is 0 Å². The second-order valence-electron chi connectivity index (χ2n) is 4.21. The number of fused-ring (bicyclic) bond motifs is 1. The third kappa shape index (κ3) is 2.61. The summed E-state index contributed by atoms with van der Waals surface area (Å²) < 4.78 is 5.91. The molecular formula is C16H12BrNO. The molecule has 0 saturated heterocycles. The Morgan fingerprint density at radius 2 is 1.74 bits per heavy atom. The quantitative estimate of drug-likeness (QED) is 0.640. The molecule has 0 radical (unpaired) electrons. The lowest BCUT2D eigenvalue weighted by Crippen LogP contribution is -1.88. The van der Waals surface area contributed by atoms with E-state index in [2.05, 4.69) is 20.9 Å². The molecule has 0 unspecified atom stereocenters. The Labute approximate surface area is 120 Å². The van der Waals surface area contributed by atoms with E-state index in [9.17, 15) is 0 Å². The summed E-state index contributed by atoms with van der Waals surface area (Å²) in [7, 11) is 0. The summed E-state index contributed by atoms with van der Waals surface area (Å²) >= 11 is 3.43. The van der Waals surface area contributed by atoms with Gasteiger partial charge < -0.3 is 4.74 Å². The third-order valence-electron chi connectivity index (χ3n) is 2.90. The maximum absolute atomic E-state index is 5.91. The molecule has 0 N–H and O–H groups in total. The summed E-state index contributed by atoms with van der Waals surface area (Å²) in [6.07, 6.45) is 1.78. The molecule has 19 heavy (non-hydrogen) atoms. The highest BCUT2D eigenvalue weighted by Gasteiger charge is 2.04. The number of alkyl halides is 1. The molecule has 0 aliphatic carbocycles. The summed E-state index contributed by atoms with van der Waals surface area (Å²) in [5.41, 5.74) is 2.11. The Hall–Kier alpha value is -1.87. The highest BCUT2D eigenvalue weighted by atomic mass is 79.9. The molecule has 0 bridgehead atoms. The van der Waals surface area contributed by atoms with Crippen molar-refractivity contribution in [3.63, 3.8) is 0 Å². The van der Waals surface area contributed by atoms with Gasteiger partial charge in [-0.25, -0.2) is 0 Å². The highest BCUT2D eigenvalue weighted by molar-refractivity contribution is 9.08. The first-order chi connectivity index (χ1) is 9.36. The van der Waals surface area contributed by atoms with Crippen molar-refractivity contribution >= 4 is 26.8 Å². The fourth-order valence-corrected chi connectivity index (χ4v) is 2.31. The van der Waals surface area contributed by atoms with Crippen LogP contribution in [-0.2, 0) is 5.33 Å². The maximum atomic E-state index is 5.91. The van der Waals surface area contributed by atoms with Crippen LogP contribution in [0.1, 0.15) is 5.56 Å². The van der Waals surface area contributed by atoms with E-state index in [1.54, 1.807) is 6.20 Å². The SMILES string of the molecule is BrCc1ccc(Oc2cccc3cccnc23)cc1. The third-order valence-corrected chi connectivity index (χ3v) is 3.55. The van der Waals surface area contributed by atoms with Gasteiger partial charge in [-0.15, -0.1) is 0 Å². The number of benzene rings is 2. The number of rotatable bonds is 3. The molecule has 3 heteroatoms. The first-order valence-electron chi connectivity index (χ1n) is 6.03. The van der Waals surface area contributed by atoms with Gasteiger partial charge in [0.1, 0.15) is 11.3 Å². The minimum atomic E-state index is 0.782. The van der Waals surface area contributed by atoms with Gasteiger partial charge in [-0.05, 0) is 29.8 Å². The Kier molecular flexibility index (Phi) is 3.47. The molecule has 0 aliphatic rings. The zero-order valence-electron chi connectivity index (χ0n) is 10.2. The first-order valence-corrected chi connectivity index (χ1v) is 7.15. The van der Waals surface area contributed by atoms with Crippen molar-refractivity contribution < 1.29 is 4.74 Å². The minimum absolute atomic E-state index is 0.782. The van der Waals surface area contributed by atoms with Crippen molar-refractivity contribution in [3.8, 4) is 11.5 Å². The topological polar surface area (TPSA) is 22.1 Å². The van der Waals surface area contributed by atoms with E-state index in [1.807, 2.05) is 54.6 Å². The second-order valence-corrected chi connectivity index (χ2v) is 4.77. The molecule has 0 fully saturated rings. The lowest BCUT2D eigenvalue weighted by molar-refractivity contribution is 0.487. The van der Waals surface area contributed by atoms with E-state index in [0.29, 0.717) is 0 Å². The molecule has 0 amide bonds. The van der Waals surface area contributed by atoms with E-state index in [-0.39, 0.29) is 0 Å². The molecule has 0 atom stereocenters. The second kappa shape index (κ2) is 5.41. The van der Waals surface area contributed by atoms with E-state index in [0.717, 1.165) is 27.7 Å². The summed E-state index contributed by atoms with van der Waals surface area (Å²) in [5, 5.41) is 1.93.